The molecule has 0 saturated heterocycles. The first-order valence-corrected chi connectivity index (χ1v) is 7.85. The van der Waals surface area contributed by atoms with Crippen molar-refractivity contribution in [3.8, 4) is 17.2 Å². The summed E-state index contributed by atoms with van der Waals surface area (Å²) in [4.78, 5) is 13.9. The lowest BCUT2D eigenvalue weighted by molar-refractivity contribution is -0.118. The molecule has 0 aromatic heterocycles. The van der Waals surface area contributed by atoms with Gasteiger partial charge in [-0.15, -0.1) is 0 Å². The Labute approximate surface area is 138 Å². The van der Waals surface area contributed by atoms with Crippen molar-refractivity contribution in [2.45, 2.75) is 32.1 Å². The zero-order chi connectivity index (χ0) is 17.2. The molecule has 0 aliphatic heterocycles. The third-order valence-corrected chi connectivity index (χ3v) is 3.76. The molecule has 6 heteroatoms. The first-order valence-electron chi connectivity index (χ1n) is 7.85. The number of rotatable bonds is 10. The minimum atomic E-state index is 0.0621. The van der Waals surface area contributed by atoms with Crippen molar-refractivity contribution in [1.82, 2.24) is 0 Å². The van der Waals surface area contributed by atoms with Gasteiger partial charge in [0.25, 0.3) is 0 Å². The predicted molar refractivity (Wildman–Crippen MR) is 91.6 cm³/mol. The van der Waals surface area contributed by atoms with E-state index in [4.69, 9.17) is 19.9 Å². The third-order valence-electron chi connectivity index (χ3n) is 3.76. The van der Waals surface area contributed by atoms with Crippen molar-refractivity contribution in [3.05, 3.63) is 12.1 Å². The Morgan fingerprint density at radius 3 is 2.04 bits per heavy atom. The molecule has 0 unspecified atom stereocenters. The summed E-state index contributed by atoms with van der Waals surface area (Å²) in [5.74, 6) is 1.64. The number of hydrogen-bond donors (Lipinski definition) is 1. The van der Waals surface area contributed by atoms with Crippen molar-refractivity contribution in [1.29, 1.82) is 0 Å². The number of nitrogens with zero attached hydrogens (tertiary/aromatic N) is 1. The largest absolute Gasteiger partial charge is 0.493 e. The molecule has 6 nitrogen and oxygen atoms in total. The van der Waals surface area contributed by atoms with E-state index >= 15 is 0 Å². The zero-order valence-electron chi connectivity index (χ0n) is 14.6. The van der Waals surface area contributed by atoms with Crippen LogP contribution >= 0.6 is 0 Å². The molecule has 1 rings (SSSR count). The fourth-order valence-electron chi connectivity index (χ4n) is 2.35. The fourth-order valence-corrected chi connectivity index (χ4v) is 2.35. The smallest absolute Gasteiger partial charge is 0.226 e. The summed E-state index contributed by atoms with van der Waals surface area (Å²) in [6.07, 6.45) is 4.48. The van der Waals surface area contributed by atoms with Crippen molar-refractivity contribution < 1.29 is 19.0 Å². The van der Waals surface area contributed by atoms with Gasteiger partial charge in [0.2, 0.25) is 11.7 Å². The van der Waals surface area contributed by atoms with E-state index < -0.39 is 0 Å². The van der Waals surface area contributed by atoms with E-state index in [1.165, 1.54) is 0 Å². The van der Waals surface area contributed by atoms with Crippen LogP contribution in [0.2, 0.25) is 0 Å². The van der Waals surface area contributed by atoms with Gasteiger partial charge in [0.05, 0.1) is 27.0 Å². The Morgan fingerprint density at radius 2 is 1.57 bits per heavy atom. The van der Waals surface area contributed by atoms with Gasteiger partial charge in [-0.1, -0.05) is 12.8 Å². The number of carbonyl (C=O) groups excluding carboxylic acids is 1. The van der Waals surface area contributed by atoms with Crippen LogP contribution in [0.5, 0.6) is 17.2 Å². The Morgan fingerprint density at radius 1 is 1.00 bits per heavy atom. The lowest BCUT2D eigenvalue weighted by atomic mass is 10.1. The van der Waals surface area contributed by atoms with Gasteiger partial charge in [-0.25, -0.2) is 0 Å². The molecular formula is C17H28N2O4. The van der Waals surface area contributed by atoms with Gasteiger partial charge in [0, 0.05) is 25.6 Å². The second kappa shape index (κ2) is 9.94. The van der Waals surface area contributed by atoms with Gasteiger partial charge in [-0.3, -0.25) is 4.79 Å². The molecule has 0 fully saturated rings. The lowest BCUT2D eigenvalue weighted by Crippen LogP contribution is -2.26. The van der Waals surface area contributed by atoms with Crippen molar-refractivity contribution in [2.24, 2.45) is 5.73 Å². The molecule has 0 heterocycles. The number of ether oxygens (including phenoxy) is 3. The Hall–Kier alpha value is -1.95. The Kier molecular flexibility index (Phi) is 8.26. The molecule has 2 N–H and O–H groups in total. The first-order chi connectivity index (χ1) is 11.1. The average molecular weight is 324 g/mol. The molecule has 0 saturated carbocycles. The lowest BCUT2D eigenvalue weighted by Gasteiger charge is -2.20. The SMILES string of the molecule is COc1cc(N(C)C(=O)CCCCCCN)cc(OC)c1OC. The quantitative estimate of drug-likeness (QED) is 0.670. The minimum absolute atomic E-state index is 0.0621. The summed E-state index contributed by atoms with van der Waals surface area (Å²) in [6.45, 7) is 0.708. The molecule has 23 heavy (non-hydrogen) atoms. The van der Waals surface area contributed by atoms with Crippen molar-refractivity contribution >= 4 is 11.6 Å². The van der Waals surface area contributed by atoms with E-state index in [0.717, 1.165) is 25.7 Å². The van der Waals surface area contributed by atoms with Crippen LogP contribution in [0.25, 0.3) is 0 Å². The molecule has 130 valence electrons. The highest BCUT2D eigenvalue weighted by Gasteiger charge is 2.18. The number of unbranched alkanes of at least 4 members (excludes halogenated alkanes) is 3. The molecule has 0 aliphatic rings. The average Bonchev–Trinajstić information content (AvgIpc) is 2.59. The van der Waals surface area contributed by atoms with Gasteiger partial charge >= 0.3 is 0 Å². The van der Waals surface area contributed by atoms with Gasteiger partial charge < -0.3 is 24.8 Å². The zero-order valence-corrected chi connectivity index (χ0v) is 14.6. The van der Waals surface area contributed by atoms with Crippen LogP contribution in [0.3, 0.4) is 0 Å². The van der Waals surface area contributed by atoms with Crippen LogP contribution in [0.4, 0.5) is 5.69 Å². The van der Waals surface area contributed by atoms with Gasteiger partial charge in [-0.05, 0) is 19.4 Å². The van der Waals surface area contributed by atoms with Crippen LogP contribution in [0, 0.1) is 0 Å². The molecule has 0 aliphatic carbocycles. The molecule has 1 aromatic rings. The number of benzene rings is 1. The Balaban J connectivity index is 2.78. The van der Waals surface area contributed by atoms with E-state index in [1.54, 1.807) is 45.4 Å². The molecule has 0 atom stereocenters. The van der Waals surface area contributed by atoms with Crippen LogP contribution in [-0.4, -0.2) is 40.8 Å². The number of nitrogens with two attached hydrogens (primary N) is 1. The number of hydrogen-bond acceptors (Lipinski definition) is 5. The first kappa shape index (κ1) is 19.1. The van der Waals surface area contributed by atoms with Crippen molar-refractivity contribution in [3.63, 3.8) is 0 Å². The molecule has 0 radical (unpaired) electrons. The molecule has 1 amide bonds. The molecule has 0 bridgehead atoms. The number of amides is 1. The summed E-state index contributed by atoms with van der Waals surface area (Å²) < 4.78 is 15.9. The van der Waals surface area contributed by atoms with Crippen LogP contribution in [0.1, 0.15) is 32.1 Å². The predicted octanol–water partition coefficient (Wildman–Crippen LogP) is 2.58. The minimum Gasteiger partial charge on any atom is -0.493 e. The summed E-state index contributed by atoms with van der Waals surface area (Å²) >= 11 is 0. The van der Waals surface area contributed by atoms with E-state index in [0.29, 0.717) is 35.9 Å². The second-order valence-corrected chi connectivity index (χ2v) is 5.29. The van der Waals surface area contributed by atoms with E-state index in [2.05, 4.69) is 0 Å². The number of methoxy groups -OCH3 is 3. The molecule has 0 spiro atoms. The van der Waals surface area contributed by atoms with E-state index in [1.807, 2.05) is 0 Å². The number of carbonyl (C=O) groups is 1. The third kappa shape index (κ3) is 5.32. The van der Waals surface area contributed by atoms with Crippen LogP contribution < -0.4 is 24.8 Å². The highest BCUT2D eigenvalue weighted by molar-refractivity contribution is 5.93. The number of anilines is 1. The normalized spacial score (nSPS) is 10.3. The van der Waals surface area contributed by atoms with Crippen LogP contribution in [-0.2, 0) is 4.79 Å². The summed E-state index contributed by atoms with van der Waals surface area (Å²) in [5.41, 5.74) is 6.18. The van der Waals surface area contributed by atoms with Gasteiger partial charge in [0.1, 0.15) is 0 Å². The second-order valence-electron chi connectivity index (χ2n) is 5.29. The van der Waals surface area contributed by atoms with Gasteiger partial charge in [-0.2, -0.15) is 0 Å². The maximum atomic E-state index is 12.3. The van der Waals surface area contributed by atoms with E-state index in [-0.39, 0.29) is 5.91 Å². The monoisotopic (exact) mass is 324 g/mol. The summed E-state index contributed by atoms with van der Waals surface area (Å²) in [7, 11) is 6.42. The highest BCUT2D eigenvalue weighted by Crippen LogP contribution is 2.40. The fraction of sp³-hybridized carbons (Fsp3) is 0.588. The summed E-state index contributed by atoms with van der Waals surface area (Å²) in [5, 5.41) is 0. The Bertz CT molecular complexity index is 480. The standard InChI is InChI=1S/C17H28N2O4/c1-19(16(20)9-7-5-6-8-10-18)13-11-14(21-2)17(23-4)15(12-13)22-3/h11-12H,5-10,18H2,1-4H3. The maximum Gasteiger partial charge on any atom is 0.226 e. The molecule has 1 aromatic carbocycles. The summed E-state index contributed by atoms with van der Waals surface area (Å²) in [6, 6.07) is 3.54. The molecular weight excluding hydrogens is 296 g/mol. The van der Waals surface area contributed by atoms with Crippen LogP contribution in [0.15, 0.2) is 12.1 Å². The topological polar surface area (TPSA) is 74.0 Å². The van der Waals surface area contributed by atoms with Crippen molar-refractivity contribution in [2.75, 3.05) is 39.8 Å². The maximum absolute atomic E-state index is 12.3. The van der Waals surface area contributed by atoms with Gasteiger partial charge in [0.15, 0.2) is 11.5 Å². The van der Waals surface area contributed by atoms with E-state index in [9.17, 15) is 4.79 Å². The highest BCUT2D eigenvalue weighted by atomic mass is 16.5.